The Bertz CT molecular complexity index is 231. The lowest BCUT2D eigenvalue weighted by Gasteiger charge is -2.05. The quantitative estimate of drug-likeness (QED) is 0.757. The summed E-state index contributed by atoms with van der Waals surface area (Å²) in [6.45, 7) is 7.54. The molecular weight excluding hydrogens is 186 g/mol. The standard InChI is InChI=1S/C11H17NO.C2H6/c1-2-10-4-6-11(7-5-10)13-9-3-8-12;1-2/h4-7H,2-3,8-9,12H2,1H3;1-2H3. The lowest BCUT2D eigenvalue weighted by molar-refractivity contribution is 0.313. The molecule has 2 heteroatoms. The van der Waals surface area contributed by atoms with Gasteiger partial charge in [0.15, 0.2) is 0 Å². The third-order valence-electron chi connectivity index (χ3n) is 1.95. The molecule has 0 aromatic heterocycles. The average Bonchev–Trinajstić information content (AvgIpc) is 2.33. The predicted octanol–water partition coefficient (Wildman–Crippen LogP) is 3.00. The summed E-state index contributed by atoms with van der Waals surface area (Å²) in [5.74, 6) is 0.936. The fourth-order valence-electron chi connectivity index (χ4n) is 1.09. The van der Waals surface area contributed by atoms with Gasteiger partial charge in [-0.1, -0.05) is 32.9 Å². The van der Waals surface area contributed by atoms with E-state index in [1.807, 2.05) is 26.0 Å². The molecule has 1 rings (SSSR count). The second-order valence-corrected chi connectivity index (χ2v) is 2.99. The van der Waals surface area contributed by atoms with E-state index < -0.39 is 0 Å². The molecule has 0 atom stereocenters. The van der Waals surface area contributed by atoms with Crippen LogP contribution >= 0.6 is 0 Å². The van der Waals surface area contributed by atoms with Gasteiger partial charge in [-0.2, -0.15) is 0 Å². The van der Waals surface area contributed by atoms with Crippen LogP contribution in [-0.4, -0.2) is 13.2 Å². The first-order valence-electron chi connectivity index (χ1n) is 5.78. The summed E-state index contributed by atoms with van der Waals surface area (Å²) in [6.07, 6.45) is 1.98. The molecule has 0 aliphatic heterocycles. The zero-order valence-corrected chi connectivity index (χ0v) is 10.1. The lowest BCUT2D eigenvalue weighted by Crippen LogP contribution is -2.05. The minimum Gasteiger partial charge on any atom is -0.494 e. The molecule has 0 amide bonds. The Kier molecular flexibility index (Phi) is 8.88. The molecule has 0 unspecified atom stereocenters. The summed E-state index contributed by atoms with van der Waals surface area (Å²) in [7, 11) is 0. The second-order valence-electron chi connectivity index (χ2n) is 2.99. The number of benzene rings is 1. The summed E-state index contributed by atoms with van der Waals surface area (Å²) >= 11 is 0. The molecule has 0 saturated carbocycles. The topological polar surface area (TPSA) is 35.2 Å². The van der Waals surface area contributed by atoms with Crippen LogP contribution in [0.15, 0.2) is 24.3 Å². The number of ether oxygens (including phenoxy) is 1. The van der Waals surface area contributed by atoms with Gasteiger partial charge in [0, 0.05) is 0 Å². The van der Waals surface area contributed by atoms with Crippen LogP contribution in [0, 0.1) is 0 Å². The highest BCUT2D eigenvalue weighted by molar-refractivity contribution is 5.27. The summed E-state index contributed by atoms with van der Waals surface area (Å²) in [4.78, 5) is 0. The zero-order valence-electron chi connectivity index (χ0n) is 10.1. The maximum Gasteiger partial charge on any atom is 0.119 e. The van der Waals surface area contributed by atoms with Gasteiger partial charge in [-0.05, 0) is 37.1 Å². The molecule has 0 radical (unpaired) electrons. The van der Waals surface area contributed by atoms with Gasteiger partial charge < -0.3 is 10.5 Å². The van der Waals surface area contributed by atoms with Crippen molar-refractivity contribution in [3.8, 4) is 5.75 Å². The van der Waals surface area contributed by atoms with E-state index in [9.17, 15) is 0 Å². The Balaban J connectivity index is 0.000000921. The first kappa shape index (κ1) is 14.0. The van der Waals surface area contributed by atoms with Crippen LogP contribution in [0.5, 0.6) is 5.75 Å². The molecule has 1 aromatic carbocycles. The van der Waals surface area contributed by atoms with Crippen molar-refractivity contribution >= 4 is 0 Å². The van der Waals surface area contributed by atoms with Crippen LogP contribution in [0.4, 0.5) is 0 Å². The van der Waals surface area contributed by atoms with Gasteiger partial charge in [0.2, 0.25) is 0 Å². The Morgan fingerprint density at radius 3 is 2.20 bits per heavy atom. The fraction of sp³-hybridized carbons (Fsp3) is 0.538. The van der Waals surface area contributed by atoms with E-state index in [4.69, 9.17) is 10.5 Å². The van der Waals surface area contributed by atoms with Crippen LogP contribution in [0.2, 0.25) is 0 Å². The fourth-order valence-corrected chi connectivity index (χ4v) is 1.09. The highest BCUT2D eigenvalue weighted by Gasteiger charge is 1.92. The molecule has 2 nitrogen and oxygen atoms in total. The zero-order chi connectivity index (χ0) is 11.5. The number of hydrogen-bond acceptors (Lipinski definition) is 2. The molecule has 0 fully saturated rings. The highest BCUT2D eigenvalue weighted by Crippen LogP contribution is 2.12. The minimum absolute atomic E-state index is 0.688. The van der Waals surface area contributed by atoms with Crippen molar-refractivity contribution in [1.29, 1.82) is 0 Å². The Morgan fingerprint density at radius 2 is 1.73 bits per heavy atom. The van der Waals surface area contributed by atoms with Gasteiger partial charge in [-0.3, -0.25) is 0 Å². The maximum atomic E-state index is 5.47. The van der Waals surface area contributed by atoms with Crippen LogP contribution in [-0.2, 0) is 6.42 Å². The van der Waals surface area contributed by atoms with Gasteiger partial charge in [0.1, 0.15) is 5.75 Å². The van der Waals surface area contributed by atoms with Crippen molar-refractivity contribution in [2.75, 3.05) is 13.2 Å². The summed E-state index contributed by atoms with van der Waals surface area (Å²) in [6, 6.07) is 8.21. The first-order chi connectivity index (χ1) is 7.36. The second kappa shape index (κ2) is 9.53. The third-order valence-corrected chi connectivity index (χ3v) is 1.95. The van der Waals surface area contributed by atoms with Gasteiger partial charge in [0.25, 0.3) is 0 Å². The average molecular weight is 209 g/mol. The molecule has 0 aliphatic carbocycles. The van der Waals surface area contributed by atoms with E-state index in [1.54, 1.807) is 0 Å². The molecule has 86 valence electrons. The van der Waals surface area contributed by atoms with E-state index in [0.29, 0.717) is 13.2 Å². The smallest absolute Gasteiger partial charge is 0.119 e. The molecule has 0 aliphatic rings. The van der Waals surface area contributed by atoms with Crippen molar-refractivity contribution in [2.45, 2.75) is 33.6 Å². The van der Waals surface area contributed by atoms with E-state index in [-0.39, 0.29) is 0 Å². The third kappa shape index (κ3) is 6.13. The first-order valence-corrected chi connectivity index (χ1v) is 5.78. The van der Waals surface area contributed by atoms with Gasteiger partial charge in [-0.25, -0.2) is 0 Å². The SMILES string of the molecule is CC.CCc1ccc(OCCCN)cc1. The number of hydrogen-bond donors (Lipinski definition) is 1. The van der Waals surface area contributed by atoms with Gasteiger partial charge in [-0.15, -0.1) is 0 Å². The summed E-state index contributed by atoms with van der Waals surface area (Å²) in [5, 5.41) is 0. The van der Waals surface area contributed by atoms with Crippen molar-refractivity contribution in [1.82, 2.24) is 0 Å². The maximum absolute atomic E-state index is 5.47. The van der Waals surface area contributed by atoms with Crippen molar-refractivity contribution in [2.24, 2.45) is 5.73 Å². The Labute approximate surface area is 93.4 Å². The molecule has 2 N–H and O–H groups in total. The Morgan fingerprint density at radius 1 is 1.13 bits per heavy atom. The van der Waals surface area contributed by atoms with Gasteiger partial charge >= 0.3 is 0 Å². The number of aryl methyl sites for hydroxylation is 1. The van der Waals surface area contributed by atoms with Crippen LogP contribution in [0.1, 0.15) is 32.8 Å². The molecule has 15 heavy (non-hydrogen) atoms. The monoisotopic (exact) mass is 209 g/mol. The molecule has 0 bridgehead atoms. The molecule has 0 saturated heterocycles. The normalized spacial score (nSPS) is 9.07. The number of rotatable bonds is 5. The predicted molar refractivity (Wildman–Crippen MR) is 66.3 cm³/mol. The molecular formula is C13H23NO. The Hall–Kier alpha value is -1.02. The van der Waals surface area contributed by atoms with Crippen molar-refractivity contribution < 1.29 is 4.74 Å². The number of nitrogens with two attached hydrogens (primary N) is 1. The molecule has 0 spiro atoms. The highest BCUT2D eigenvalue weighted by atomic mass is 16.5. The molecule has 1 aromatic rings. The summed E-state index contributed by atoms with van der Waals surface area (Å²) in [5.41, 5.74) is 6.70. The van der Waals surface area contributed by atoms with E-state index in [0.717, 1.165) is 18.6 Å². The van der Waals surface area contributed by atoms with E-state index >= 15 is 0 Å². The van der Waals surface area contributed by atoms with E-state index in [1.165, 1.54) is 5.56 Å². The van der Waals surface area contributed by atoms with Crippen LogP contribution < -0.4 is 10.5 Å². The molecule has 0 heterocycles. The minimum atomic E-state index is 0.688. The largest absolute Gasteiger partial charge is 0.494 e. The van der Waals surface area contributed by atoms with Crippen molar-refractivity contribution in [3.05, 3.63) is 29.8 Å². The van der Waals surface area contributed by atoms with E-state index in [2.05, 4.69) is 19.1 Å². The van der Waals surface area contributed by atoms with Gasteiger partial charge in [0.05, 0.1) is 6.61 Å². The van der Waals surface area contributed by atoms with Crippen molar-refractivity contribution in [3.63, 3.8) is 0 Å². The van der Waals surface area contributed by atoms with Crippen LogP contribution in [0.3, 0.4) is 0 Å². The lowest BCUT2D eigenvalue weighted by atomic mass is 10.2. The summed E-state index contributed by atoms with van der Waals surface area (Å²) < 4.78 is 5.47. The van der Waals surface area contributed by atoms with Crippen LogP contribution in [0.25, 0.3) is 0 Å².